The minimum absolute atomic E-state index is 0.577. The van der Waals surface area contributed by atoms with E-state index in [0.717, 1.165) is 25.4 Å². The fraction of sp³-hybridized carbons (Fsp3) is 0.286. The predicted molar refractivity (Wildman–Crippen MR) is 71.7 cm³/mol. The highest BCUT2D eigenvalue weighted by atomic mass is 16.5. The quantitative estimate of drug-likeness (QED) is 0.761. The molecule has 1 heterocycles. The number of nitrogens with zero attached hydrogens (tertiary/aromatic N) is 3. The monoisotopic (exact) mass is 256 g/mol. The summed E-state index contributed by atoms with van der Waals surface area (Å²) in [4.78, 5) is 0. The molecule has 0 aliphatic heterocycles. The number of hydrogen-bond acceptors (Lipinski definition) is 4. The predicted octanol–water partition coefficient (Wildman–Crippen LogP) is 1.42. The van der Waals surface area contributed by atoms with Crippen LogP contribution in [0.5, 0.6) is 5.75 Å². The van der Waals surface area contributed by atoms with Crippen LogP contribution in [0.25, 0.3) is 0 Å². The van der Waals surface area contributed by atoms with Crippen LogP contribution in [0.3, 0.4) is 0 Å². The molecule has 2 aromatic rings. The maximum atomic E-state index is 8.77. The first kappa shape index (κ1) is 13.1. The second-order valence-electron chi connectivity index (χ2n) is 4.01. The van der Waals surface area contributed by atoms with Crippen molar-refractivity contribution >= 4 is 0 Å². The molecule has 0 unspecified atom stereocenters. The Labute approximate surface area is 112 Å². The molecule has 1 aromatic heterocycles. The van der Waals surface area contributed by atoms with Crippen LogP contribution in [0.2, 0.25) is 0 Å². The van der Waals surface area contributed by atoms with E-state index in [4.69, 9.17) is 10.00 Å². The third kappa shape index (κ3) is 4.45. The smallest absolute Gasteiger partial charge is 0.120 e. The largest absolute Gasteiger partial charge is 0.492 e. The highest BCUT2D eigenvalue weighted by Crippen LogP contribution is 2.11. The molecule has 1 aromatic carbocycles. The number of hydrogen-bond donors (Lipinski definition) is 1. The van der Waals surface area contributed by atoms with E-state index in [1.165, 1.54) is 0 Å². The normalized spacial score (nSPS) is 10.1. The van der Waals surface area contributed by atoms with E-state index in [2.05, 4.69) is 16.5 Å². The standard InChI is InChI=1S/C14H16N4O/c15-12-13-3-1-4-14(11-13)19-10-7-16-6-9-18-8-2-5-17-18/h1-5,8,11,16H,6-7,9-10H2. The van der Waals surface area contributed by atoms with Gasteiger partial charge in [0.05, 0.1) is 18.2 Å². The molecule has 0 bridgehead atoms. The molecule has 0 saturated heterocycles. The van der Waals surface area contributed by atoms with Gasteiger partial charge in [0.15, 0.2) is 0 Å². The maximum Gasteiger partial charge on any atom is 0.120 e. The van der Waals surface area contributed by atoms with Crippen LogP contribution in [-0.2, 0) is 6.54 Å². The maximum absolute atomic E-state index is 8.77. The molecule has 0 fully saturated rings. The van der Waals surface area contributed by atoms with Crippen molar-refractivity contribution in [3.05, 3.63) is 48.3 Å². The van der Waals surface area contributed by atoms with E-state index in [1.54, 1.807) is 18.3 Å². The molecule has 0 amide bonds. The topological polar surface area (TPSA) is 62.9 Å². The van der Waals surface area contributed by atoms with Crippen LogP contribution in [0.1, 0.15) is 5.56 Å². The average Bonchev–Trinajstić information content (AvgIpc) is 2.96. The van der Waals surface area contributed by atoms with Gasteiger partial charge in [0, 0.05) is 25.5 Å². The number of ether oxygens (including phenoxy) is 1. The zero-order valence-corrected chi connectivity index (χ0v) is 10.6. The number of nitrogens with one attached hydrogen (secondary N) is 1. The van der Waals surface area contributed by atoms with Gasteiger partial charge in [0.1, 0.15) is 12.4 Å². The van der Waals surface area contributed by atoms with Gasteiger partial charge in [-0.3, -0.25) is 4.68 Å². The van der Waals surface area contributed by atoms with Gasteiger partial charge in [0.2, 0.25) is 0 Å². The van der Waals surface area contributed by atoms with Crippen LogP contribution in [0, 0.1) is 11.3 Å². The van der Waals surface area contributed by atoms with Crippen molar-refractivity contribution in [3.8, 4) is 11.8 Å². The highest BCUT2D eigenvalue weighted by Gasteiger charge is 1.96. The highest BCUT2D eigenvalue weighted by molar-refractivity contribution is 5.36. The molecule has 0 radical (unpaired) electrons. The van der Waals surface area contributed by atoms with Crippen molar-refractivity contribution in [2.24, 2.45) is 0 Å². The Kier molecular flexibility index (Phi) is 4.96. The Morgan fingerprint density at radius 3 is 3.05 bits per heavy atom. The molecule has 0 spiro atoms. The van der Waals surface area contributed by atoms with Crippen LogP contribution >= 0.6 is 0 Å². The number of nitriles is 1. The first-order valence-corrected chi connectivity index (χ1v) is 6.19. The summed E-state index contributed by atoms with van der Waals surface area (Å²) in [5.41, 5.74) is 0.615. The SMILES string of the molecule is N#Cc1cccc(OCCNCCn2cccn2)c1. The zero-order valence-electron chi connectivity index (χ0n) is 10.6. The van der Waals surface area contributed by atoms with Crippen LogP contribution in [0.4, 0.5) is 0 Å². The van der Waals surface area contributed by atoms with Crippen molar-refractivity contribution in [1.82, 2.24) is 15.1 Å². The first-order chi connectivity index (χ1) is 9.38. The van der Waals surface area contributed by atoms with Gasteiger partial charge in [-0.2, -0.15) is 10.4 Å². The van der Waals surface area contributed by atoms with E-state index in [-0.39, 0.29) is 0 Å². The molecular formula is C14H16N4O. The Hall–Kier alpha value is -2.32. The molecule has 1 N–H and O–H groups in total. The molecule has 0 aliphatic rings. The third-order valence-corrected chi connectivity index (χ3v) is 2.59. The van der Waals surface area contributed by atoms with E-state index in [0.29, 0.717) is 12.2 Å². The lowest BCUT2D eigenvalue weighted by atomic mass is 10.2. The van der Waals surface area contributed by atoms with Crippen molar-refractivity contribution in [3.63, 3.8) is 0 Å². The lowest BCUT2D eigenvalue weighted by Gasteiger charge is -2.07. The fourth-order valence-electron chi connectivity index (χ4n) is 1.65. The van der Waals surface area contributed by atoms with Gasteiger partial charge in [-0.05, 0) is 24.3 Å². The van der Waals surface area contributed by atoms with E-state index < -0.39 is 0 Å². The molecule has 0 atom stereocenters. The van der Waals surface area contributed by atoms with Gasteiger partial charge in [-0.15, -0.1) is 0 Å². The molecule has 0 aliphatic carbocycles. The summed E-state index contributed by atoms with van der Waals surface area (Å²) in [6, 6.07) is 11.2. The molecular weight excluding hydrogens is 240 g/mol. The van der Waals surface area contributed by atoms with E-state index >= 15 is 0 Å². The van der Waals surface area contributed by atoms with Crippen LogP contribution in [-0.4, -0.2) is 29.5 Å². The lowest BCUT2D eigenvalue weighted by Crippen LogP contribution is -2.25. The molecule has 0 saturated carbocycles. The van der Waals surface area contributed by atoms with Gasteiger partial charge in [-0.1, -0.05) is 6.07 Å². The van der Waals surface area contributed by atoms with Crippen LogP contribution < -0.4 is 10.1 Å². The van der Waals surface area contributed by atoms with Crippen molar-refractivity contribution in [1.29, 1.82) is 5.26 Å². The summed E-state index contributed by atoms with van der Waals surface area (Å²) >= 11 is 0. The Balaban J connectivity index is 1.60. The minimum Gasteiger partial charge on any atom is -0.492 e. The summed E-state index contributed by atoms with van der Waals surface area (Å²) in [5, 5.41) is 16.2. The van der Waals surface area contributed by atoms with Gasteiger partial charge >= 0.3 is 0 Å². The van der Waals surface area contributed by atoms with Gasteiger partial charge in [-0.25, -0.2) is 0 Å². The minimum atomic E-state index is 0.577. The summed E-state index contributed by atoms with van der Waals surface area (Å²) in [5.74, 6) is 0.730. The molecule has 5 heteroatoms. The summed E-state index contributed by atoms with van der Waals surface area (Å²) in [6.45, 7) is 3.03. The van der Waals surface area contributed by atoms with E-state index in [9.17, 15) is 0 Å². The third-order valence-electron chi connectivity index (χ3n) is 2.59. The summed E-state index contributed by atoms with van der Waals surface area (Å²) < 4.78 is 7.43. The van der Waals surface area contributed by atoms with Crippen molar-refractivity contribution in [2.45, 2.75) is 6.54 Å². The van der Waals surface area contributed by atoms with Crippen LogP contribution in [0.15, 0.2) is 42.7 Å². The summed E-state index contributed by atoms with van der Waals surface area (Å²) in [7, 11) is 0. The second kappa shape index (κ2) is 7.19. The van der Waals surface area contributed by atoms with Gasteiger partial charge in [0.25, 0.3) is 0 Å². The molecule has 19 heavy (non-hydrogen) atoms. The average molecular weight is 256 g/mol. The number of aromatic nitrogens is 2. The molecule has 5 nitrogen and oxygen atoms in total. The molecule has 2 rings (SSSR count). The summed E-state index contributed by atoms with van der Waals surface area (Å²) in [6.07, 6.45) is 3.71. The van der Waals surface area contributed by atoms with Crippen molar-refractivity contribution < 1.29 is 4.74 Å². The number of rotatable bonds is 7. The second-order valence-corrected chi connectivity index (χ2v) is 4.01. The first-order valence-electron chi connectivity index (χ1n) is 6.19. The zero-order chi connectivity index (χ0) is 13.3. The Morgan fingerprint density at radius 2 is 2.26 bits per heavy atom. The van der Waals surface area contributed by atoms with Gasteiger partial charge < -0.3 is 10.1 Å². The number of benzene rings is 1. The Bertz CT molecular complexity index is 531. The lowest BCUT2D eigenvalue weighted by molar-refractivity contribution is 0.312. The van der Waals surface area contributed by atoms with Crippen molar-refractivity contribution in [2.75, 3.05) is 19.7 Å². The Morgan fingerprint density at radius 1 is 1.32 bits per heavy atom. The van der Waals surface area contributed by atoms with E-state index in [1.807, 2.05) is 29.1 Å². The molecule has 98 valence electrons. The fourth-order valence-corrected chi connectivity index (χ4v) is 1.65.